The molecule has 0 fully saturated rings. The number of fused-ring (bicyclic) bond motifs is 1. The molecule has 0 saturated carbocycles. The quantitative estimate of drug-likeness (QED) is 0.766. The van der Waals surface area contributed by atoms with E-state index in [2.05, 4.69) is 20.5 Å². The Balaban J connectivity index is 1.86. The Morgan fingerprint density at radius 1 is 1.30 bits per heavy atom. The highest BCUT2D eigenvalue weighted by molar-refractivity contribution is 6.06. The van der Waals surface area contributed by atoms with Gasteiger partial charge in [-0.05, 0) is 19.9 Å². The fourth-order valence-electron chi connectivity index (χ4n) is 2.48. The van der Waals surface area contributed by atoms with Crippen LogP contribution in [0.25, 0.3) is 10.8 Å². The first-order chi connectivity index (χ1) is 11.1. The maximum Gasteiger partial charge on any atom is 0.255 e. The van der Waals surface area contributed by atoms with Crippen molar-refractivity contribution in [3.05, 3.63) is 58.5 Å². The molecule has 7 nitrogen and oxygen atoms in total. The molecule has 23 heavy (non-hydrogen) atoms. The molecule has 2 N–H and O–H groups in total. The van der Waals surface area contributed by atoms with Crippen molar-refractivity contribution in [2.75, 3.05) is 0 Å². The van der Waals surface area contributed by atoms with Gasteiger partial charge < -0.3 is 14.9 Å². The topological polar surface area (TPSA) is 92.7 Å². The lowest BCUT2D eigenvalue weighted by Crippen LogP contribution is -2.26. The first kappa shape index (κ1) is 15.0. The fraction of sp³-hybridized carbons (Fsp3) is 0.250. The first-order valence-corrected chi connectivity index (χ1v) is 7.35. The van der Waals surface area contributed by atoms with Crippen molar-refractivity contribution >= 4 is 16.7 Å². The molecular weight excluding hydrogens is 294 g/mol. The van der Waals surface area contributed by atoms with Crippen LogP contribution in [0.15, 0.2) is 41.6 Å². The molecule has 0 radical (unpaired) electrons. The molecule has 0 unspecified atom stereocenters. The number of nitrogens with zero attached hydrogens (tertiary/aromatic N) is 3. The average molecular weight is 311 g/mol. The van der Waals surface area contributed by atoms with Gasteiger partial charge in [-0.25, -0.2) is 0 Å². The molecule has 0 aliphatic carbocycles. The number of amides is 1. The third-order valence-electron chi connectivity index (χ3n) is 3.66. The van der Waals surface area contributed by atoms with Crippen LogP contribution in [-0.4, -0.2) is 25.7 Å². The smallest absolute Gasteiger partial charge is 0.255 e. The van der Waals surface area contributed by atoms with E-state index in [0.29, 0.717) is 22.2 Å². The van der Waals surface area contributed by atoms with Crippen LogP contribution >= 0.6 is 0 Å². The molecule has 1 aromatic carbocycles. The number of rotatable bonds is 4. The predicted molar refractivity (Wildman–Crippen MR) is 86.1 cm³/mol. The van der Waals surface area contributed by atoms with Crippen molar-refractivity contribution in [3.8, 4) is 0 Å². The number of carbonyl (C=O) groups is 1. The van der Waals surface area contributed by atoms with Crippen molar-refractivity contribution in [2.45, 2.75) is 26.4 Å². The van der Waals surface area contributed by atoms with Gasteiger partial charge in [0.2, 0.25) is 0 Å². The number of H-pyrrole nitrogens is 1. The number of aromatic amines is 1. The van der Waals surface area contributed by atoms with Gasteiger partial charge in [0, 0.05) is 23.0 Å². The second kappa shape index (κ2) is 6.04. The average Bonchev–Trinajstić information content (AvgIpc) is 3.02. The summed E-state index contributed by atoms with van der Waals surface area (Å²) < 4.78 is 1.89. The number of benzene rings is 1. The first-order valence-electron chi connectivity index (χ1n) is 7.35. The minimum absolute atomic E-state index is 0.211. The van der Waals surface area contributed by atoms with Gasteiger partial charge in [0.1, 0.15) is 6.33 Å². The Labute approximate surface area is 132 Å². The summed E-state index contributed by atoms with van der Waals surface area (Å²) in [5, 5.41) is 11.8. The van der Waals surface area contributed by atoms with Gasteiger partial charge in [-0.15, -0.1) is 10.2 Å². The Morgan fingerprint density at radius 2 is 2.04 bits per heavy atom. The van der Waals surface area contributed by atoms with Crippen LogP contribution in [0.3, 0.4) is 0 Å². The summed E-state index contributed by atoms with van der Waals surface area (Å²) in [6.45, 7) is 4.30. The number of pyridine rings is 1. The van der Waals surface area contributed by atoms with E-state index in [1.165, 1.54) is 6.20 Å². The minimum atomic E-state index is -0.268. The summed E-state index contributed by atoms with van der Waals surface area (Å²) in [5.41, 5.74) is 0.215. The molecular formula is C16H17N5O2. The SMILES string of the molecule is CC(C)n1cnnc1CNC(=O)c1c[nH]c(=O)c2ccccc12. The second-order valence-corrected chi connectivity index (χ2v) is 5.51. The summed E-state index contributed by atoms with van der Waals surface area (Å²) in [6.07, 6.45) is 3.08. The van der Waals surface area contributed by atoms with Gasteiger partial charge in [0.15, 0.2) is 5.82 Å². The zero-order valence-corrected chi connectivity index (χ0v) is 12.9. The third kappa shape index (κ3) is 2.85. The molecule has 1 amide bonds. The molecule has 0 spiro atoms. The lowest BCUT2D eigenvalue weighted by atomic mass is 10.1. The van der Waals surface area contributed by atoms with Gasteiger partial charge in [-0.3, -0.25) is 9.59 Å². The molecule has 0 aliphatic heterocycles. The molecule has 3 rings (SSSR count). The minimum Gasteiger partial charge on any atom is -0.345 e. The fourth-order valence-corrected chi connectivity index (χ4v) is 2.48. The van der Waals surface area contributed by atoms with E-state index in [-0.39, 0.29) is 24.1 Å². The van der Waals surface area contributed by atoms with Crippen molar-refractivity contribution in [1.29, 1.82) is 0 Å². The van der Waals surface area contributed by atoms with Gasteiger partial charge in [-0.1, -0.05) is 18.2 Å². The molecule has 0 saturated heterocycles. The highest BCUT2D eigenvalue weighted by atomic mass is 16.1. The summed E-state index contributed by atoms with van der Waals surface area (Å²) in [7, 11) is 0. The maximum absolute atomic E-state index is 12.5. The highest BCUT2D eigenvalue weighted by Gasteiger charge is 2.13. The lowest BCUT2D eigenvalue weighted by molar-refractivity contribution is 0.0950. The zero-order chi connectivity index (χ0) is 16.4. The molecule has 0 atom stereocenters. The van der Waals surface area contributed by atoms with E-state index in [1.807, 2.05) is 18.4 Å². The largest absolute Gasteiger partial charge is 0.345 e. The Bertz CT molecular complexity index is 910. The number of aromatic nitrogens is 4. The third-order valence-corrected chi connectivity index (χ3v) is 3.66. The monoisotopic (exact) mass is 311 g/mol. The van der Waals surface area contributed by atoms with Crippen molar-refractivity contribution in [2.24, 2.45) is 0 Å². The summed E-state index contributed by atoms with van der Waals surface area (Å²) in [4.78, 5) is 26.9. The molecule has 7 heteroatoms. The number of carbonyl (C=O) groups excluding carboxylic acids is 1. The van der Waals surface area contributed by atoms with E-state index in [9.17, 15) is 9.59 Å². The van der Waals surface area contributed by atoms with Gasteiger partial charge >= 0.3 is 0 Å². The molecule has 118 valence electrons. The summed E-state index contributed by atoms with van der Waals surface area (Å²) in [6, 6.07) is 7.24. The number of hydrogen-bond acceptors (Lipinski definition) is 4. The summed E-state index contributed by atoms with van der Waals surface area (Å²) in [5.74, 6) is 0.415. The van der Waals surface area contributed by atoms with Crippen molar-refractivity contribution in [1.82, 2.24) is 25.1 Å². The summed E-state index contributed by atoms with van der Waals surface area (Å²) >= 11 is 0. The van der Waals surface area contributed by atoms with E-state index in [4.69, 9.17) is 0 Å². The van der Waals surface area contributed by atoms with E-state index in [0.717, 1.165) is 0 Å². The maximum atomic E-state index is 12.5. The van der Waals surface area contributed by atoms with Crippen molar-refractivity contribution in [3.63, 3.8) is 0 Å². The van der Waals surface area contributed by atoms with E-state index >= 15 is 0 Å². The van der Waals surface area contributed by atoms with Gasteiger partial charge in [-0.2, -0.15) is 0 Å². The molecule has 0 aliphatic rings. The molecule has 2 heterocycles. The standard InChI is InChI=1S/C16H17N5O2/c1-10(2)21-9-19-20-14(21)8-18-16(23)13-7-17-15(22)12-6-4-3-5-11(12)13/h3-7,9-10H,8H2,1-2H3,(H,17,22)(H,18,23). The van der Waals surface area contributed by atoms with E-state index in [1.54, 1.807) is 30.6 Å². The number of nitrogens with one attached hydrogen (secondary N) is 2. The second-order valence-electron chi connectivity index (χ2n) is 5.51. The zero-order valence-electron chi connectivity index (χ0n) is 12.9. The molecule has 2 aromatic heterocycles. The van der Waals surface area contributed by atoms with Crippen LogP contribution in [0, 0.1) is 0 Å². The van der Waals surface area contributed by atoms with Gasteiger partial charge in [0.05, 0.1) is 12.1 Å². The van der Waals surface area contributed by atoms with Crippen LogP contribution in [0.1, 0.15) is 36.1 Å². The lowest BCUT2D eigenvalue weighted by Gasteiger charge is -2.11. The van der Waals surface area contributed by atoms with Crippen molar-refractivity contribution < 1.29 is 4.79 Å². The highest BCUT2D eigenvalue weighted by Crippen LogP contribution is 2.14. The van der Waals surface area contributed by atoms with Crippen LogP contribution in [0.4, 0.5) is 0 Å². The molecule has 3 aromatic rings. The van der Waals surface area contributed by atoms with E-state index < -0.39 is 0 Å². The Hall–Kier alpha value is -2.96. The number of hydrogen-bond donors (Lipinski definition) is 2. The van der Waals surface area contributed by atoms with Crippen LogP contribution in [0.2, 0.25) is 0 Å². The predicted octanol–water partition coefficient (Wildman–Crippen LogP) is 1.63. The van der Waals surface area contributed by atoms with Crippen LogP contribution < -0.4 is 10.9 Å². The van der Waals surface area contributed by atoms with Crippen LogP contribution in [0.5, 0.6) is 0 Å². The molecule has 0 bridgehead atoms. The Kier molecular flexibility index (Phi) is 3.92. The normalized spacial score (nSPS) is 11.1. The van der Waals surface area contributed by atoms with Gasteiger partial charge in [0.25, 0.3) is 11.5 Å². The Morgan fingerprint density at radius 3 is 2.78 bits per heavy atom. The van der Waals surface area contributed by atoms with Crippen LogP contribution in [-0.2, 0) is 6.54 Å².